The predicted molar refractivity (Wildman–Crippen MR) is 79.1 cm³/mol. The minimum atomic E-state index is -0.0236. The molecular formula is C16H18N2O3. The first kappa shape index (κ1) is 13.7. The highest BCUT2D eigenvalue weighted by molar-refractivity contribution is 5.47. The Kier molecular flexibility index (Phi) is 3.92. The summed E-state index contributed by atoms with van der Waals surface area (Å²) in [7, 11) is 3.54. The Morgan fingerprint density at radius 1 is 1.19 bits per heavy atom. The first-order chi connectivity index (χ1) is 10.3. The van der Waals surface area contributed by atoms with E-state index >= 15 is 0 Å². The average molecular weight is 286 g/mol. The fourth-order valence-corrected chi connectivity index (χ4v) is 2.53. The van der Waals surface area contributed by atoms with E-state index < -0.39 is 0 Å². The first-order valence-corrected chi connectivity index (χ1v) is 6.89. The van der Waals surface area contributed by atoms with Crippen molar-refractivity contribution in [2.75, 3.05) is 27.4 Å². The van der Waals surface area contributed by atoms with Gasteiger partial charge in [-0.15, -0.1) is 0 Å². The maximum absolute atomic E-state index is 5.65. The molecule has 0 fully saturated rings. The number of nitrogens with one attached hydrogen (secondary N) is 1. The van der Waals surface area contributed by atoms with Crippen molar-refractivity contribution in [2.24, 2.45) is 0 Å². The van der Waals surface area contributed by atoms with Crippen molar-refractivity contribution in [2.45, 2.75) is 6.04 Å². The Balaban J connectivity index is 2.00. The molecule has 3 rings (SSSR count). The van der Waals surface area contributed by atoms with Gasteiger partial charge in [0.1, 0.15) is 13.2 Å². The van der Waals surface area contributed by atoms with Gasteiger partial charge in [0.25, 0.3) is 0 Å². The van der Waals surface area contributed by atoms with E-state index in [1.807, 2.05) is 37.4 Å². The van der Waals surface area contributed by atoms with Gasteiger partial charge < -0.3 is 19.5 Å². The number of fused-ring (bicyclic) bond motifs is 1. The van der Waals surface area contributed by atoms with Gasteiger partial charge in [-0.3, -0.25) is 0 Å². The van der Waals surface area contributed by atoms with Crippen LogP contribution in [-0.4, -0.2) is 32.4 Å². The topological polar surface area (TPSA) is 52.6 Å². The molecule has 1 aromatic carbocycles. The molecule has 0 spiro atoms. The van der Waals surface area contributed by atoms with Crippen LogP contribution in [0.5, 0.6) is 17.4 Å². The third-order valence-electron chi connectivity index (χ3n) is 3.49. The minimum absolute atomic E-state index is 0.0236. The van der Waals surface area contributed by atoms with Crippen molar-refractivity contribution in [1.29, 1.82) is 0 Å². The van der Waals surface area contributed by atoms with Crippen LogP contribution in [-0.2, 0) is 0 Å². The monoisotopic (exact) mass is 286 g/mol. The molecular weight excluding hydrogens is 268 g/mol. The lowest BCUT2D eigenvalue weighted by Crippen LogP contribution is -2.20. The van der Waals surface area contributed by atoms with Crippen molar-refractivity contribution in [1.82, 2.24) is 10.3 Å². The lowest BCUT2D eigenvalue weighted by molar-refractivity contribution is 0.171. The molecule has 0 bridgehead atoms. The second-order valence-electron chi connectivity index (χ2n) is 4.73. The van der Waals surface area contributed by atoms with Gasteiger partial charge in [0.2, 0.25) is 5.88 Å². The van der Waals surface area contributed by atoms with Crippen LogP contribution in [0, 0.1) is 0 Å². The van der Waals surface area contributed by atoms with Gasteiger partial charge in [0, 0.05) is 11.8 Å². The molecule has 0 saturated carbocycles. The van der Waals surface area contributed by atoms with E-state index in [1.165, 1.54) is 0 Å². The molecule has 1 unspecified atom stereocenters. The standard InChI is InChI=1S/C16H18N2O3/c1-17-15(12-4-3-7-18-16(12)19-2)11-5-6-13-14(10-11)21-9-8-20-13/h3-7,10,15,17H,8-9H2,1-2H3. The van der Waals surface area contributed by atoms with Crippen molar-refractivity contribution in [3.8, 4) is 17.4 Å². The summed E-state index contributed by atoms with van der Waals surface area (Å²) >= 11 is 0. The summed E-state index contributed by atoms with van der Waals surface area (Å²) in [5, 5.41) is 3.30. The summed E-state index contributed by atoms with van der Waals surface area (Å²) in [5.41, 5.74) is 2.06. The molecule has 1 aromatic heterocycles. The molecule has 0 aliphatic carbocycles. The summed E-state index contributed by atoms with van der Waals surface area (Å²) in [6.07, 6.45) is 1.72. The van der Waals surface area contributed by atoms with Gasteiger partial charge >= 0.3 is 0 Å². The third kappa shape index (κ3) is 2.64. The van der Waals surface area contributed by atoms with Gasteiger partial charge in [-0.05, 0) is 30.8 Å². The molecule has 2 heterocycles. The molecule has 0 saturated heterocycles. The second kappa shape index (κ2) is 6.01. The van der Waals surface area contributed by atoms with Gasteiger partial charge in [0.15, 0.2) is 11.5 Å². The van der Waals surface area contributed by atoms with Crippen molar-refractivity contribution in [3.05, 3.63) is 47.7 Å². The van der Waals surface area contributed by atoms with Gasteiger partial charge in [-0.1, -0.05) is 12.1 Å². The number of benzene rings is 1. The van der Waals surface area contributed by atoms with Crippen LogP contribution in [0.4, 0.5) is 0 Å². The number of hydrogen-bond acceptors (Lipinski definition) is 5. The molecule has 5 heteroatoms. The fraction of sp³-hybridized carbons (Fsp3) is 0.312. The zero-order valence-corrected chi connectivity index (χ0v) is 12.1. The van der Waals surface area contributed by atoms with Crippen LogP contribution in [0.3, 0.4) is 0 Å². The maximum Gasteiger partial charge on any atom is 0.218 e. The Morgan fingerprint density at radius 2 is 2.00 bits per heavy atom. The Morgan fingerprint density at radius 3 is 2.76 bits per heavy atom. The van der Waals surface area contributed by atoms with Crippen molar-refractivity contribution in [3.63, 3.8) is 0 Å². The Labute approximate surface area is 123 Å². The van der Waals surface area contributed by atoms with Gasteiger partial charge in [0.05, 0.1) is 13.2 Å². The van der Waals surface area contributed by atoms with Crippen LogP contribution >= 0.6 is 0 Å². The number of pyridine rings is 1. The van der Waals surface area contributed by atoms with Gasteiger partial charge in [-0.25, -0.2) is 4.98 Å². The molecule has 1 aliphatic rings. The summed E-state index contributed by atoms with van der Waals surface area (Å²) in [5.74, 6) is 2.19. The predicted octanol–water partition coefficient (Wildman–Crippen LogP) is 2.17. The SMILES string of the molecule is CNC(c1ccc2c(c1)OCCO2)c1cccnc1OC. The summed E-state index contributed by atoms with van der Waals surface area (Å²) < 4.78 is 16.6. The van der Waals surface area contributed by atoms with Crippen molar-refractivity contribution < 1.29 is 14.2 Å². The van der Waals surface area contributed by atoms with Crippen LogP contribution in [0.1, 0.15) is 17.2 Å². The van der Waals surface area contributed by atoms with E-state index in [-0.39, 0.29) is 6.04 Å². The van der Waals surface area contributed by atoms with E-state index in [4.69, 9.17) is 14.2 Å². The van der Waals surface area contributed by atoms with Crippen LogP contribution in [0.15, 0.2) is 36.5 Å². The number of hydrogen-bond donors (Lipinski definition) is 1. The van der Waals surface area contributed by atoms with E-state index in [0.717, 1.165) is 22.6 Å². The van der Waals surface area contributed by atoms with Crippen molar-refractivity contribution >= 4 is 0 Å². The molecule has 0 radical (unpaired) electrons. The number of rotatable bonds is 4. The highest BCUT2D eigenvalue weighted by Gasteiger charge is 2.20. The summed E-state index contributed by atoms with van der Waals surface area (Å²) in [6, 6.07) is 9.86. The minimum Gasteiger partial charge on any atom is -0.486 e. The number of methoxy groups -OCH3 is 1. The van der Waals surface area contributed by atoms with Crippen LogP contribution in [0.25, 0.3) is 0 Å². The van der Waals surface area contributed by atoms with E-state index in [2.05, 4.69) is 10.3 Å². The maximum atomic E-state index is 5.65. The molecule has 0 amide bonds. The van der Waals surface area contributed by atoms with Crippen LogP contribution in [0.2, 0.25) is 0 Å². The molecule has 21 heavy (non-hydrogen) atoms. The normalized spacial score (nSPS) is 14.6. The lowest BCUT2D eigenvalue weighted by atomic mass is 9.99. The number of nitrogens with zero attached hydrogens (tertiary/aromatic N) is 1. The molecule has 1 atom stereocenters. The summed E-state index contributed by atoms with van der Waals surface area (Å²) in [4.78, 5) is 4.26. The van der Waals surface area contributed by atoms with Crippen LogP contribution < -0.4 is 19.5 Å². The Bertz CT molecular complexity index is 631. The van der Waals surface area contributed by atoms with E-state index in [0.29, 0.717) is 19.1 Å². The third-order valence-corrected chi connectivity index (χ3v) is 3.49. The molecule has 1 N–H and O–H groups in total. The first-order valence-electron chi connectivity index (χ1n) is 6.89. The second-order valence-corrected chi connectivity index (χ2v) is 4.73. The Hall–Kier alpha value is -2.27. The number of ether oxygens (including phenoxy) is 3. The zero-order chi connectivity index (χ0) is 14.7. The highest BCUT2D eigenvalue weighted by Crippen LogP contribution is 2.35. The largest absolute Gasteiger partial charge is 0.486 e. The lowest BCUT2D eigenvalue weighted by Gasteiger charge is -2.23. The molecule has 2 aromatic rings. The average Bonchev–Trinajstić information content (AvgIpc) is 2.56. The molecule has 1 aliphatic heterocycles. The van der Waals surface area contributed by atoms with E-state index in [1.54, 1.807) is 13.3 Å². The molecule has 110 valence electrons. The zero-order valence-electron chi connectivity index (χ0n) is 12.1. The number of aromatic nitrogens is 1. The summed E-state index contributed by atoms with van der Waals surface area (Å²) in [6.45, 7) is 1.18. The quantitative estimate of drug-likeness (QED) is 0.933. The smallest absolute Gasteiger partial charge is 0.218 e. The fourth-order valence-electron chi connectivity index (χ4n) is 2.53. The molecule has 5 nitrogen and oxygen atoms in total. The van der Waals surface area contributed by atoms with E-state index in [9.17, 15) is 0 Å². The van der Waals surface area contributed by atoms with Gasteiger partial charge in [-0.2, -0.15) is 0 Å². The highest BCUT2D eigenvalue weighted by atomic mass is 16.6.